The smallest absolute Gasteiger partial charge is 0.227 e. The highest BCUT2D eigenvalue weighted by atomic mass is 19.0. The number of hydrogen-bond acceptors (Lipinski definition) is 8. The lowest BCUT2D eigenvalue weighted by molar-refractivity contribution is -0.00489. The number of dihydropyridines is 1. The number of nitrogens with zero attached hydrogens (tertiary/aromatic N) is 6. The van der Waals surface area contributed by atoms with Crippen LogP contribution >= 0.6 is 0 Å². The topological polar surface area (TPSA) is 78.8 Å². The van der Waals surface area contributed by atoms with Crippen molar-refractivity contribution in [3.8, 4) is 0 Å². The quantitative estimate of drug-likeness (QED) is 0.497. The SMILES string of the molecule is C.C.C=C(C)C1=CC(C)(c2ccnc(Nc3ccnc(CN4CCOC[C@@H]4C)c3)n2)CN=C1N1CCCC1.F.[HH]. The van der Waals surface area contributed by atoms with Gasteiger partial charge < -0.3 is 15.0 Å². The number of likely N-dealkylation sites (tertiary alicyclic amines) is 1. The average molecular weight is 542 g/mol. The summed E-state index contributed by atoms with van der Waals surface area (Å²) in [5.74, 6) is 1.66. The van der Waals surface area contributed by atoms with E-state index in [0.717, 1.165) is 73.4 Å². The Morgan fingerprint density at radius 3 is 2.64 bits per heavy atom. The molecular weight excluding hydrogens is 493 g/mol. The number of aliphatic imine (C=N–C) groups is 1. The van der Waals surface area contributed by atoms with Gasteiger partial charge >= 0.3 is 0 Å². The summed E-state index contributed by atoms with van der Waals surface area (Å²) >= 11 is 0. The van der Waals surface area contributed by atoms with E-state index in [1.807, 2.05) is 24.5 Å². The van der Waals surface area contributed by atoms with Crippen molar-refractivity contribution in [2.24, 2.45) is 4.99 Å². The molecule has 9 heteroatoms. The predicted octanol–water partition coefficient (Wildman–Crippen LogP) is 5.77. The highest BCUT2D eigenvalue weighted by Crippen LogP contribution is 2.33. The minimum absolute atomic E-state index is 0. The van der Waals surface area contributed by atoms with Gasteiger partial charge in [-0.3, -0.25) is 19.6 Å². The van der Waals surface area contributed by atoms with Crippen molar-refractivity contribution >= 4 is 17.5 Å². The van der Waals surface area contributed by atoms with Crippen LogP contribution in [-0.2, 0) is 16.7 Å². The fraction of sp³-hybridized carbons (Fsp3) is 0.533. The fourth-order valence-electron chi connectivity index (χ4n) is 5.13. The van der Waals surface area contributed by atoms with Crippen LogP contribution in [0.1, 0.15) is 61.3 Å². The fourth-order valence-corrected chi connectivity index (χ4v) is 5.13. The zero-order chi connectivity index (χ0) is 25.1. The van der Waals surface area contributed by atoms with Crippen LogP contribution in [0.2, 0.25) is 0 Å². The first-order chi connectivity index (χ1) is 17.4. The van der Waals surface area contributed by atoms with E-state index in [9.17, 15) is 0 Å². The van der Waals surface area contributed by atoms with E-state index >= 15 is 0 Å². The second-order valence-corrected chi connectivity index (χ2v) is 10.4. The van der Waals surface area contributed by atoms with E-state index in [4.69, 9.17) is 14.7 Å². The van der Waals surface area contributed by atoms with E-state index in [-0.39, 0.29) is 26.4 Å². The predicted molar refractivity (Wildman–Crippen MR) is 162 cm³/mol. The molecule has 39 heavy (non-hydrogen) atoms. The Morgan fingerprint density at radius 2 is 1.92 bits per heavy atom. The molecule has 2 aromatic heterocycles. The molecule has 5 rings (SSSR count). The summed E-state index contributed by atoms with van der Waals surface area (Å²) in [4.78, 5) is 23.8. The number of ether oxygens (including phenoxy) is 1. The minimum Gasteiger partial charge on any atom is -0.379 e. The molecule has 0 saturated carbocycles. The first-order valence-corrected chi connectivity index (χ1v) is 13.0. The van der Waals surface area contributed by atoms with Crippen molar-refractivity contribution in [2.75, 3.05) is 44.7 Å². The summed E-state index contributed by atoms with van der Waals surface area (Å²) in [5.41, 5.74) is 4.74. The van der Waals surface area contributed by atoms with E-state index in [2.05, 4.69) is 64.6 Å². The summed E-state index contributed by atoms with van der Waals surface area (Å²) in [6.07, 6.45) is 8.41. The van der Waals surface area contributed by atoms with Gasteiger partial charge in [0.05, 0.1) is 31.1 Å². The lowest BCUT2D eigenvalue weighted by Gasteiger charge is -2.33. The summed E-state index contributed by atoms with van der Waals surface area (Å²) < 4.78 is 5.56. The summed E-state index contributed by atoms with van der Waals surface area (Å²) in [7, 11) is 0. The maximum absolute atomic E-state index is 5.56. The first kappa shape index (κ1) is 32.0. The van der Waals surface area contributed by atoms with E-state index in [1.165, 1.54) is 12.8 Å². The Hall–Kier alpha value is -3.17. The zero-order valence-corrected chi connectivity index (χ0v) is 22.1. The van der Waals surface area contributed by atoms with Gasteiger partial charge in [0.1, 0.15) is 5.84 Å². The van der Waals surface area contributed by atoms with Gasteiger partial charge in [-0.2, -0.15) is 0 Å². The number of morpholine rings is 1. The number of hydrogen-bond donors (Lipinski definition) is 1. The summed E-state index contributed by atoms with van der Waals surface area (Å²) in [6, 6.07) is 6.41. The van der Waals surface area contributed by atoms with Gasteiger partial charge in [0.25, 0.3) is 0 Å². The number of amidine groups is 1. The number of halogens is 1. The standard InChI is InChI=1S/C28H37N7O.2CH4.FH.H2/c1-20(2)24-16-28(4,19-31-26(24)34-11-5-6-12-34)25-8-10-30-27(33-25)32-22-7-9-29-23(15-22)17-35-13-14-36-18-21(35)3;;;;/h7-10,15-16,21H,1,5-6,11-14,17-19H2,2-4H3,(H,29,30,32,33);2*1H4;2*1H/t21-,28?;;;;/m0..../s1. The molecule has 3 aliphatic rings. The molecule has 1 N–H and O–H groups in total. The summed E-state index contributed by atoms with van der Waals surface area (Å²) in [6.45, 7) is 16.8. The van der Waals surface area contributed by atoms with Gasteiger partial charge in [0.2, 0.25) is 5.95 Å². The Balaban J connectivity index is 0.00000200. The Morgan fingerprint density at radius 1 is 1.18 bits per heavy atom. The van der Waals surface area contributed by atoms with Crippen LogP contribution in [-0.4, -0.2) is 76.0 Å². The second kappa shape index (κ2) is 13.8. The van der Waals surface area contributed by atoms with Gasteiger partial charge in [0, 0.05) is 62.7 Å². The molecule has 1 unspecified atom stereocenters. The van der Waals surface area contributed by atoms with Crippen molar-refractivity contribution in [1.82, 2.24) is 24.8 Å². The van der Waals surface area contributed by atoms with Gasteiger partial charge in [-0.15, -0.1) is 0 Å². The monoisotopic (exact) mass is 541 g/mol. The molecule has 5 heterocycles. The molecule has 2 fully saturated rings. The maximum Gasteiger partial charge on any atom is 0.227 e. The van der Waals surface area contributed by atoms with Crippen molar-refractivity contribution in [3.63, 3.8) is 0 Å². The molecule has 8 nitrogen and oxygen atoms in total. The second-order valence-electron chi connectivity index (χ2n) is 10.4. The lowest BCUT2D eigenvalue weighted by Crippen LogP contribution is -2.43. The maximum atomic E-state index is 5.56. The van der Waals surface area contributed by atoms with Crippen molar-refractivity contribution in [2.45, 2.75) is 66.5 Å². The average Bonchev–Trinajstić information content (AvgIpc) is 3.41. The molecule has 2 atom stereocenters. The van der Waals surface area contributed by atoms with Gasteiger partial charge in [0.15, 0.2) is 0 Å². The Kier molecular flexibility index (Phi) is 11.3. The number of anilines is 2. The number of aromatic nitrogens is 3. The van der Waals surface area contributed by atoms with Crippen LogP contribution in [0.5, 0.6) is 0 Å². The molecule has 2 saturated heterocycles. The number of pyridine rings is 1. The normalized spacial score (nSPS) is 22.9. The van der Waals surface area contributed by atoms with E-state index in [0.29, 0.717) is 18.5 Å². The third-order valence-electron chi connectivity index (χ3n) is 7.31. The van der Waals surface area contributed by atoms with Crippen molar-refractivity contribution in [3.05, 3.63) is 65.8 Å². The zero-order valence-electron chi connectivity index (χ0n) is 22.1. The van der Waals surface area contributed by atoms with Crippen molar-refractivity contribution < 1.29 is 10.9 Å². The molecule has 3 aliphatic heterocycles. The molecule has 0 aromatic carbocycles. The number of rotatable bonds is 6. The molecule has 2 aromatic rings. The van der Waals surface area contributed by atoms with Gasteiger partial charge in [-0.1, -0.05) is 27.5 Å². The molecule has 216 valence electrons. The molecule has 0 aliphatic carbocycles. The molecule has 0 bridgehead atoms. The van der Waals surface area contributed by atoms with Gasteiger partial charge in [-0.25, -0.2) is 9.97 Å². The molecule has 0 spiro atoms. The molecule has 0 amide bonds. The van der Waals surface area contributed by atoms with Crippen LogP contribution in [0.4, 0.5) is 16.3 Å². The van der Waals surface area contributed by atoms with Crippen LogP contribution < -0.4 is 5.32 Å². The van der Waals surface area contributed by atoms with Crippen LogP contribution in [0, 0.1) is 0 Å². The third kappa shape index (κ3) is 7.28. The highest BCUT2D eigenvalue weighted by molar-refractivity contribution is 6.03. The largest absolute Gasteiger partial charge is 0.379 e. The van der Waals surface area contributed by atoms with Crippen LogP contribution in [0.15, 0.2) is 59.4 Å². The van der Waals surface area contributed by atoms with Crippen molar-refractivity contribution in [1.29, 1.82) is 0 Å². The van der Waals surface area contributed by atoms with E-state index in [1.54, 1.807) is 0 Å². The lowest BCUT2D eigenvalue weighted by atomic mass is 9.81. The third-order valence-corrected chi connectivity index (χ3v) is 7.31. The Labute approximate surface area is 235 Å². The van der Waals surface area contributed by atoms with Crippen LogP contribution in [0.3, 0.4) is 0 Å². The first-order valence-electron chi connectivity index (χ1n) is 13.0. The Bertz CT molecular complexity index is 1180. The highest BCUT2D eigenvalue weighted by Gasteiger charge is 2.33. The van der Waals surface area contributed by atoms with Gasteiger partial charge in [-0.05, 0) is 57.4 Å². The van der Waals surface area contributed by atoms with E-state index < -0.39 is 0 Å². The van der Waals surface area contributed by atoms with Crippen LogP contribution in [0.25, 0.3) is 0 Å². The summed E-state index contributed by atoms with van der Waals surface area (Å²) in [5, 5.41) is 3.39. The molecule has 0 radical (unpaired) electrons. The molecular formula is C30H48FN7O. The number of nitrogens with one attached hydrogen (secondary N) is 1. The minimum atomic E-state index is -0.327.